The Hall–Kier alpha value is -3.02. The topological polar surface area (TPSA) is 68.7 Å². The number of carboxylic acid groups (broad SMARTS) is 1. The number of halogens is 2. The Morgan fingerprint density at radius 2 is 1.84 bits per heavy atom. The summed E-state index contributed by atoms with van der Waals surface area (Å²) in [6.07, 6.45) is 2.14. The summed E-state index contributed by atoms with van der Waals surface area (Å²) < 4.78 is 11.6. The van der Waals surface area contributed by atoms with E-state index in [1.807, 2.05) is 44.2 Å². The minimum absolute atomic E-state index is 0.297. The van der Waals surface area contributed by atoms with Crippen molar-refractivity contribution in [1.29, 1.82) is 0 Å². The average molecular weight is 472 g/mol. The van der Waals surface area contributed by atoms with Crippen LogP contribution in [0.25, 0.3) is 5.57 Å². The van der Waals surface area contributed by atoms with Crippen molar-refractivity contribution in [2.45, 2.75) is 33.8 Å². The molecule has 1 aromatic heterocycles. The lowest BCUT2D eigenvalue weighted by atomic mass is 9.96. The van der Waals surface area contributed by atoms with E-state index in [1.54, 1.807) is 31.3 Å². The number of aliphatic carboxylic acids is 1. The molecule has 7 heteroatoms. The number of ether oxygens (including phenoxy) is 2. The highest BCUT2D eigenvalue weighted by Crippen LogP contribution is 2.36. The summed E-state index contributed by atoms with van der Waals surface area (Å²) in [6.45, 7) is 5.69. The minimum Gasteiger partial charge on any atom is -0.487 e. The quantitative estimate of drug-likeness (QED) is 0.348. The van der Waals surface area contributed by atoms with E-state index < -0.39 is 5.97 Å². The molecule has 0 aliphatic rings. The lowest BCUT2D eigenvalue weighted by Crippen LogP contribution is -2.01. The second kappa shape index (κ2) is 10.5. The van der Waals surface area contributed by atoms with Crippen LogP contribution >= 0.6 is 23.2 Å². The minimum atomic E-state index is -0.947. The van der Waals surface area contributed by atoms with Crippen molar-refractivity contribution in [2.24, 2.45) is 0 Å². The maximum atomic E-state index is 11.4. The van der Waals surface area contributed by atoms with E-state index in [1.165, 1.54) is 0 Å². The molecule has 0 bridgehead atoms. The van der Waals surface area contributed by atoms with Gasteiger partial charge in [0.1, 0.15) is 12.4 Å². The first-order chi connectivity index (χ1) is 15.3. The molecule has 0 aliphatic carbocycles. The van der Waals surface area contributed by atoms with Crippen LogP contribution in [0.5, 0.6) is 17.4 Å². The number of aryl methyl sites for hydroxylation is 1. The number of carbonyl (C=O) groups is 1. The first-order valence-corrected chi connectivity index (χ1v) is 10.8. The van der Waals surface area contributed by atoms with Gasteiger partial charge in [0.25, 0.3) is 0 Å². The van der Waals surface area contributed by atoms with Crippen LogP contribution in [-0.2, 0) is 11.4 Å². The number of allylic oxidation sites excluding steroid dienone is 1. The van der Waals surface area contributed by atoms with Crippen LogP contribution in [0.15, 0.2) is 60.3 Å². The van der Waals surface area contributed by atoms with E-state index in [0.717, 1.165) is 22.3 Å². The first kappa shape index (κ1) is 23.6. The van der Waals surface area contributed by atoms with Gasteiger partial charge in [-0.05, 0) is 61.2 Å². The molecule has 0 aliphatic heterocycles. The number of rotatable bonds is 8. The summed E-state index contributed by atoms with van der Waals surface area (Å²) in [5.41, 5.74) is 3.45. The molecule has 0 unspecified atom stereocenters. The summed E-state index contributed by atoms with van der Waals surface area (Å²) in [7, 11) is 0. The lowest BCUT2D eigenvalue weighted by molar-refractivity contribution is -0.132. The van der Waals surface area contributed by atoms with Crippen LogP contribution in [0.1, 0.15) is 37.0 Å². The zero-order valence-corrected chi connectivity index (χ0v) is 19.5. The largest absolute Gasteiger partial charge is 0.487 e. The monoisotopic (exact) mass is 471 g/mol. The van der Waals surface area contributed by atoms with Gasteiger partial charge in [-0.1, -0.05) is 48.3 Å². The molecule has 32 heavy (non-hydrogen) atoms. The summed E-state index contributed by atoms with van der Waals surface area (Å²) in [6, 6.07) is 14.5. The number of aromatic nitrogens is 1. The second-order valence-electron chi connectivity index (χ2n) is 7.18. The Kier molecular flexibility index (Phi) is 7.78. The maximum absolute atomic E-state index is 11.4. The highest BCUT2D eigenvalue weighted by atomic mass is 35.5. The average Bonchev–Trinajstić information content (AvgIpc) is 2.77. The molecule has 1 N–H and O–H groups in total. The van der Waals surface area contributed by atoms with Gasteiger partial charge in [0.15, 0.2) is 5.75 Å². The van der Waals surface area contributed by atoms with Gasteiger partial charge in [-0.15, -0.1) is 0 Å². The highest BCUT2D eigenvalue weighted by Gasteiger charge is 2.15. The molecule has 5 nitrogen and oxygen atoms in total. The standard InChI is InChI=1S/C25H23Cl2NO4/c1-4-20(16(3)25(29)30)18-11-15(2)24(22(27)12-18)32-23-10-9-19(13-28-23)31-14-17-7-5-6-8-21(17)26/h5-13H,4,14H2,1-3H3,(H,29,30)/b20-16+. The van der Waals surface area contributed by atoms with E-state index in [0.29, 0.717) is 46.0 Å². The molecule has 2 aromatic carbocycles. The van der Waals surface area contributed by atoms with Crippen molar-refractivity contribution in [1.82, 2.24) is 4.98 Å². The van der Waals surface area contributed by atoms with E-state index in [9.17, 15) is 9.90 Å². The van der Waals surface area contributed by atoms with Crippen LogP contribution in [0.4, 0.5) is 0 Å². The van der Waals surface area contributed by atoms with Crippen LogP contribution in [0.2, 0.25) is 10.0 Å². The number of hydrogen-bond acceptors (Lipinski definition) is 4. The van der Waals surface area contributed by atoms with Gasteiger partial charge in [-0.2, -0.15) is 0 Å². The number of benzene rings is 2. The molecular formula is C25H23Cl2NO4. The summed E-state index contributed by atoms with van der Waals surface area (Å²) >= 11 is 12.6. The smallest absolute Gasteiger partial charge is 0.331 e. The number of carboxylic acids is 1. The third-order valence-corrected chi connectivity index (χ3v) is 5.62. The van der Waals surface area contributed by atoms with Gasteiger partial charge < -0.3 is 14.6 Å². The van der Waals surface area contributed by atoms with Gasteiger partial charge in [0.2, 0.25) is 5.88 Å². The van der Waals surface area contributed by atoms with Crippen LogP contribution in [0, 0.1) is 6.92 Å². The Balaban J connectivity index is 1.75. The van der Waals surface area contributed by atoms with E-state index >= 15 is 0 Å². The third kappa shape index (κ3) is 5.61. The number of pyridine rings is 1. The molecule has 0 fully saturated rings. The predicted molar refractivity (Wildman–Crippen MR) is 127 cm³/mol. The Bertz CT molecular complexity index is 1130. The molecule has 3 aromatic rings. The fourth-order valence-electron chi connectivity index (χ4n) is 3.24. The fraction of sp³-hybridized carbons (Fsp3) is 0.200. The van der Waals surface area contributed by atoms with Gasteiger partial charge in [-0.3, -0.25) is 0 Å². The molecule has 1 heterocycles. The Morgan fingerprint density at radius 3 is 2.44 bits per heavy atom. The summed E-state index contributed by atoms with van der Waals surface area (Å²) in [5.74, 6) is 0.464. The molecular weight excluding hydrogens is 449 g/mol. The molecule has 3 rings (SSSR count). The lowest BCUT2D eigenvalue weighted by Gasteiger charge is -2.15. The third-order valence-electron chi connectivity index (χ3n) is 4.97. The molecule has 166 valence electrons. The Labute approximate surface area is 197 Å². The summed E-state index contributed by atoms with van der Waals surface area (Å²) in [4.78, 5) is 15.7. The maximum Gasteiger partial charge on any atom is 0.331 e. The molecule has 0 spiro atoms. The molecule has 0 saturated heterocycles. The number of hydrogen-bond donors (Lipinski definition) is 1. The first-order valence-electron chi connectivity index (χ1n) is 10.0. The van der Waals surface area contributed by atoms with E-state index in [4.69, 9.17) is 32.7 Å². The van der Waals surface area contributed by atoms with Gasteiger partial charge in [0.05, 0.1) is 11.2 Å². The fourth-order valence-corrected chi connectivity index (χ4v) is 3.74. The van der Waals surface area contributed by atoms with Crippen LogP contribution in [0.3, 0.4) is 0 Å². The van der Waals surface area contributed by atoms with Crippen molar-refractivity contribution >= 4 is 34.7 Å². The SMILES string of the molecule is CC/C(=C(/C)C(=O)O)c1cc(C)c(Oc2ccc(OCc3ccccc3Cl)cn2)c(Cl)c1. The molecule has 0 atom stereocenters. The normalized spacial score (nSPS) is 11.7. The van der Waals surface area contributed by atoms with Gasteiger partial charge in [0, 0.05) is 22.2 Å². The molecule has 0 radical (unpaired) electrons. The second-order valence-corrected chi connectivity index (χ2v) is 8.00. The molecule has 0 amide bonds. The molecule has 0 saturated carbocycles. The zero-order chi connectivity index (χ0) is 23.3. The predicted octanol–water partition coefficient (Wildman–Crippen LogP) is 7.34. The Morgan fingerprint density at radius 1 is 1.09 bits per heavy atom. The number of nitrogens with zero attached hydrogens (tertiary/aromatic N) is 1. The van der Waals surface area contributed by atoms with Crippen molar-refractivity contribution in [3.05, 3.63) is 87.0 Å². The van der Waals surface area contributed by atoms with Crippen LogP contribution in [-0.4, -0.2) is 16.1 Å². The van der Waals surface area contributed by atoms with Crippen molar-refractivity contribution in [3.63, 3.8) is 0 Å². The zero-order valence-electron chi connectivity index (χ0n) is 18.0. The highest BCUT2D eigenvalue weighted by molar-refractivity contribution is 6.32. The van der Waals surface area contributed by atoms with E-state index in [2.05, 4.69) is 4.98 Å². The van der Waals surface area contributed by atoms with Gasteiger partial charge in [-0.25, -0.2) is 9.78 Å². The van der Waals surface area contributed by atoms with Crippen molar-refractivity contribution in [2.75, 3.05) is 0 Å². The summed E-state index contributed by atoms with van der Waals surface area (Å²) in [5, 5.41) is 10.4. The van der Waals surface area contributed by atoms with Crippen molar-refractivity contribution in [3.8, 4) is 17.4 Å². The van der Waals surface area contributed by atoms with Crippen LogP contribution < -0.4 is 9.47 Å². The van der Waals surface area contributed by atoms with Gasteiger partial charge >= 0.3 is 5.97 Å². The van der Waals surface area contributed by atoms with Crippen molar-refractivity contribution < 1.29 is 19.4 Å². The van der Waals surface area contributed by atoms with E-state index in [-0.39, 0.29) is 0 Å².